The summed E-state index contributed by atoms with van der Waals surface area (Å²) in [6, 6.07) is 11.4. The highest BCUT2D eigenvalue weighted by molar-refractivity contribution is 9.10. The van der Waals surface area contributed by atoms with Gasteiger partial charge in [-0.15, -0.1) is 0 Å². The molecule has 0 radical (unpaired) electrons. The lowest BCUT2D eigenvalue weighted by atomic mass is 10.2. The van der Waals surface area contributed by atoms with E-state index in [1.54, 1.807) is 30.3 Å². The van der Waals surface area contributed by atoms with E-state index in [1.807, 2.05) is 7.05 Å². The third-order valence-electron chi connectivity index (χ3n) is 4.98. The van der Waals surface area contributed by atoms with Gasteiger partial charge in [-0.3, -0.25) is 4.79 Å². The number of rotatable bonds is 7. The number of nitrogens with one attached hydrogen (secondary N) is 1. The zero-order valence-electron chi connectivity index (χ0n) is 18.0. The van der Waals surface area contributed by atoms with E-state index in [-0.39, 0.29) is 10.8 Å². The first-order valence-corrected chi connectivity index (χ1v) is 12.4. The Balaban J connectivity index is 1.65. The number of carbonyl (C=O) groups excluding carboxylic acids is 1. The molecule has 1 heterocycles. The van der Waals surface area contributed by atoms with E-state index in [4.69, 9.17) is 4.74 Å². The van der Waals surface area contributed by atoms with Crippen LogP contribution in [0.2, 0.25) is 0 Å². The zero-order valence-corrected chi connectivity index (χ0v) is 20.4. The Hall–Kier alpha value is -1.94. The maximum atomic E-state index is 12.8. The number of likely N-dealkylation sites (N-methyl/N-ethyl adjacent to an activating group) is 1. The predicted octanol–water partition coefficient (Wildman–Crippen LogP) is 3.67. The van der Waals surface area contributed by atoms with Crippen molar-refractivity contribution in [2.45, 2.75) is 18.7 Å². The molecular weight excluding hydrogens is 482 g/mol. The van der Waals surface area contributed by atoms with Gasteiger partial charge in [0.25, 0.3) is 5.91 Å². The van der Waals surface area contributed by atoms with Crippen molar-refractivity contribution in [1.29, 1.82) is 0 Å². The largest absolute Gasteiger partial charge is 0.492 e. The molecule has 0 aromatic heterocycles. The van der Waals surface area contributed by atoms with Crippen molar-refractivity contribution in [1.82, 2.24) is 9.21 Å². The van der Waals surface area contributed by atoms with E-state index in [1.165, 1.54) is 16.4 Å². The lowest BCUT2D eigenvalue weighted by molar-refractivity contribution is 0.102. The van der Waals surface area contributed by atoms with Gasteiger partial charge in [0.2, 0.25) is 10.0 Å². The van der Waals surface area contributed by atoms with Crippen LogP contribution in [0.3, 0.4) is 0 Å². The maximum Gasteiger partial charge on any atom is 0.255 e. The number of hydrogen-bond acceptors (Lipinski definition) is 5. The minimum atomic E-state index is -3.53. The average molecular weight is 510 g/mol. The van der Waals surface area contributed by atoms with Crippen molar-refractivity contribution in [2.75, 3.05) is 45.2 Å². The third-order valence-corrected chi connectivity index (χ3v) is 7.51. The molecule has 0 unspecified atom stereocenters. The van der Waals surface area contributed by atoms with Gasteiger partial charge < -0.3 is 15.0 Å². The molecule has 1 N–H and O–H groups in total. The Kier molecular flexibility index (Phi) is 7.74. The van der Waals surface area contributed by atoms with Crippen LogP contribution in [0.4, 0.5) is 5.69 Å². The fraction of sp³-hybridized carbons (Fsp3) is 0.409. The van der Waals surface area contributed by atoms with E-state index in [9.17, 15) is 13.2 Å². The molecule has 2 aromatic carbocycles. The summed E-state index contributed by atoms with van der Waals surface area (Å²) in [4.78, 5) is 14.9. The number of hydrogen-bond donors (Lipinski definition) is 1. The van der Waals surface area contributed by atoms with Gasteiger partial charge in [0, 0.05) is 37.4 Å². The third kappa shape index (κ3) is 6.06. The molecule has 1 amide bonds. The molecule has 3 rings (SSSR count). The molecule has 0 spiro atoms. The van der Waals surface area contributed by atoms with E-state index in [0.717, 1.165) is 0 Å². The number of anilines is 1. The summed E-state index contributed by atoms with van der Waals surface area (Å²) >= 11 is 3.44. The molecule has 2 aromatic rings. The summed E-state index contributed by atoms with van der Waals surface area (Å²) in [5, 5.41) is 2.80. The number of halogens is 1. The molecule has 0 saturated carbocycles. The molecular formula is C22H28BrN3O4S. The first-order chi connectivity index (χ1) is 14.7. The summed E-state index contributed by atoms with van der Waals surface area (Å²) in [5.41, 5.74) is 0.997. The van der Waals surface area contributed by atoms with Crippen LogP contribution in [0.15, 0.2) is 51.8 Å². The maximum absolute atomic E-state index is 12.8. The fourth-order valence-electron chi connectivity index (χ4n) is 3.11. The van der Waals surface area contributed by atoms with Gasteiger partial charge in [0.05, 0.1) is 16.0 Å². The van der Waals surface area contributed by atoms with Crippen molar-refractivity contribution in [2.24, 2.45) is 5.92 Å². The first-order valence-electron chi connectivity index (χ1n) is 10.2. The van der Waals surface area contributed by atoms with Crippen LogP contribution in [0.25, 0.3) is 0 Å². The van der Waals surface area contributed by atoms with E-state index in [2.05, 4.69) is 40.0 Å². The summed E-state index contributed by atoms with van der Waals surface area (Å²) in [6.07, 6.45) is 0. The van der Waals surface area contributed by atoms with Gasteiger partial charge in [0.15, 0.2) is 0 Å². The predicted molar refractivity (Wildman–Crippen MR) is 125 cm³/mol. The number of amides is 1. The van der Waals surface area contributed by atoms with Crippen LogP contribution in [0.1, 0.15) is 24.2 Å². The van der Waals surface area contributed by atoms with Gasteiger partial charge >= 0.3 is 0 Å². The Morgan fingerprint density at radius 1 is 1.10 bits per heavy atom. The van der Waals surface area contributed by atoms with Gasteiger partial charge in [-0.05, 0) is 71.4 Å². The second-order valence-corrected chi connectivity index (χ2v) is 10.8. The van der Waals surface area contributed by atoms with Crippen LogP contribution in [0.5, 0.6) is 5.75 Å². The van der Waals surface area contributed by atoms with Gasteiger partial charge in [0.1, 0.15) is 5.75 Å². The second-order valence-electron chi connectivity index (χ2n) is 8.04. The Bertz CT molecular complexity index is 1020. The Morgan fingerprint density at radius 2 is 1.74 bits per heavy atom. The van der Waals surface area contributed by atoms with Crippen LogP contribution >= 0.6 is 15.9 Å². The van der Waals surface area contributed by atoms with E-state index < -0.39 is 10.0 Å². The normalized spacial score (nSPS) is 15.8. The fourth-order valence-corrected chi connectivity index (χ4v) is 5.02. The molecule has 9 heteroatoms. The number of ether oxygens (including phenoxy) is 1. The number of piperazine rings is 1. The number of sulfonamides is 1. The zero-order chi connectivity index (χ0) is 22.6. The standard InChI is InChI=1S/C22H28BrN3O4S/c1-16(2)15-30-21-9-4-17(14-20(21)23)22(27)24-18-5-7-19(8-6-18)31(28,29)26-12-10-25(3)11-13-26/h4-9,14,16H,10-13,15H2,1-3H3,(H,24,27). The highest BCUT2D eigenvalue weighted by atomic mass is 79.9. The number of carbonyl (C=O) groups is 1. The summed E-state index contributed by atoms with van der Waals surface area (Å²) in [6.45, 7) is 7.10. The van der Waals surface area contributed by atoms with Crippen LogP contribution in [-0.2, 0) is 10.0 Å². The molecule has 1 fully saturated rings. The molecule has 1 saturated heterocycles. The Morgan fingerprint density at radius 3 is 2.32 bits per heavy atom. The summed E-state index contributed by atoms with van der Waals surface area (Å²) < 4.78 is 33.5. The van der Waals surface area contributed by atoms with Crippen molar-refractivity contribution >= 4 is 37.5 Å². The molecule has 0 atom stereocenters. The minimum Gasteiger partial charge on any atom is -0.492 e. The monoisotopic (exact) mass is 509 g/mol. The molecule has 31 heavy (non-hydrogen) atoms. The summed E-state index contributed by atoms with van der Waals surface area (Å²) in [7, 11) is -1.55. The molecule has 1 aliphatic heterocycles. The minimum absolute atomic E-state index is 0.226. The molecule has 1 aliphatic rings. The molecule has 0 aliphatic carbocycles. The van der Waals surface area contributed by atoms with E-state index >= 15 is 0 Å². The van der Waals surface area contributed by atoms with Crippen molar-refractivity contribution in [3.05, 3.63) is 52.5 Å². The first kappa shape index (κ1) is 23.7. The quantitative estimate of drug-likeness (QED) is 0.615. The SMILES string of the molecule is CC(C)COc1ccc(C(=O)Nc2ccc(S(=O)(=O)N3CCN(C)CC3)cc2)cc1Br. The topological polar surface area (TPSA) is 78.9 Å². The van der Waals surface area contributed by atoms with Gasteiger partial charge in [-0.2, -0.15) is 4.31 Å². The van der Waals surface area contributed by atoms with E-state index in [0.29, 0.717) is 60.2 Å². The molecule has 168 valence electrons. The van der Waals surface area contributed by atoms with Crippen molar-refractivity contribution in [3.8, 4) is 5.75 Å². The smallest absolute Gasteiger partial charge is 0.255 e. The van der Waals surface area contributed by atoms with Gasteiger partial charge in [-0.25, -0.2) is 8.42 Å². The lowest BCUT2D eigenvalue weighted by Crippen LogP contribution is -2.46. The van der Waals surface area contributed by atoms with Gasteiger partial charge in [-0.1, -0.05) is 13.8 Å². The Labute approximate surface area is 192 Å². The molecule has 7 nitrogen and oxygen atoms in total. The van der Waals surface area contributed by atoms with Crippen LogP contribution in [-0.4, -0.2) is 63.4 Å². The number of nitrogens with zero attached hydrogens (tertiary/aromatic N) is 2. The van der Waals surface area contributed by atoms with Crippen molar-refractivity contribution < 1.29 is 17.9 Å². The highest BCUT2D eigenvalue weighted by Crippen LogP contribution is 2.27. The van der Waals surface area contributed by atoms with Crippen molar-refractivity contribution in [3.63, 3.8) is 0 Å². The van der Waals surface area contributed by atoms with Crippen LogP contribution in [0, 0.1) is 5.92 Å². The number of benzene rings is 2. The second kappa shape index (κ2) is 10.1. The molecule has 0 bridgehead atoms. The highest BCUT2D eigenvalue weighted by Gasteiger charge is 2.27. The average Bonchev–Trinajstić information content (AvgIpc) is 2.73. The lowest BCUT2D eigenvalue weighted by Gasteiger charge is -2.31. The van der Waals surface area contributed by atoms with Crippen LogP contribution < -0.4 is 10.1 Å². The summed E-state index contributed by atoms with van der Waals surface area (Å²) in [5.74, 6) is 0.799.